The maximum atomic E-state index is 13.1. The first kappa shape index (κ1) is 27.0. The Morgan fingerprint density at radius 2 is 1.85 bits per heavy atom. The first-order valence-corrected chi connectivity index (χ1v) is 13.0. The smallest absolute Gasteiger partial charge is 0.309 e. The molecule has 0 aromatic heterocycles. The summed E-state index contributed by atoms with van der Waals surface area (Å²) < 4.78 is 12.2. The van der Waals surface area contributed by atoms with Gasteiger partial charge in [0.05, 0.1) is 17.9 Å². The van der Waals surface area contributed by atoms with E-state index in [1.807, 2.05) is 20.8 Å². The number of aliphatic hydroxyl groups is 1. The number of carbonyl (C=O) groups is 2. The van der Waals surface area contributed by atoms with Crippen LogP contribution in [0.25, 0.3) is 0 Å². The van der Waals surface area contributed by atoms with Gasteiger partial charge in [-0.3, -0.25) is 9.59 Å². The van der Waals surface area contributed by atoms with Crippen molar-refractivity contribution in [3.8, 4) is 0 Å². The number of rotatable bonds is 6. The van der Waals surface area contributed by atoms with E-state index in [0.717, 1.165) is 19.3 Å². The second-order valence-electron chi connectivity index (χ2n) is 13.1. The fourth-order valence-electron chi connectivity index (χ4n) is 7.03. The van der Waals surface area contributed by atoms with Crippen LogP contribution in [0.5, 0.6) is 0 Å². The third-order valence-electron chi connectivity index (χ3n) is 8.96. The molecule has 1 saturated heterocycles. The first-order chi connectivity index (χ1) is 15.5. The lowest BCUT2D eigenvalue weighted by molar-refractivity contribution is -0.194. The Labute approximate surface area is 206 Å². The number of ether oxygens (including phenoxy) is 2. The van der Waals surface area contributed by atoms with Crippen LogP contribution in [0.3, 0.4) is 0 Å². The number of hydrogen-bond donors (Lipinski definition) is 1. The van der Waals surface area contributed by atoms with Crippen molar-refractivity contribution in [3.05, 3.63) is 23.8 Å². The highest BCUT2D eigenvalue weighted by Crippen LogP contribution is 2.61. The Hall–Kier alpha value is -1.62. The minimum absolute atomic E-state index is 0.0362. The highest BCUT2D eigenvalue weighted by molar-refractivity contribution is 5.73. The fourth-order valence-corrected chi connectivity index (χ4v) is 7.03. The lowest BCUT2D eigenvalue weighted by Gasteiger charge is -2.59. The van der Waals surface area contributed by atoms with Crippen molar-refractivity contribution in [2.45, 2.75) is 118 Å². The maximum Gasteiger partial charge on any atom is 0.309 e. The summed E-state index contributed by atoms with van der Waals surface area (Å²) in [5.74, 6) is -0.150. The standard InChI is InChI=1S/C29H46O5/c1-10-19(2)24(31)34-28(8)17-25(4,5)15-21-12-11-20(3)22(29(21,28)9)13-14-27(7)18-26(6,32)16-23(30)33-27/h11-12,15,19-20,22,32H,10,13-14,16-18H2,1-9H3. The molecule has 3 aliphatic rings. The monoisotopic (exact) mass is 474 g/mol. The average Bonchev–Trinajstić information content (AvgIpc) is 2.65. The van der Waals surface area contributed by atoms with Crippen LogP contribution in [0.15, 0.2) is 23.8 Å². The summed E-state index contributed by atoms with van der Waals surface area (Å²) in [6.07, 6.45) is 10.3. The molecule has 34 heavy (non-hydrogen) atoms. The zero-order chi connectivity index (χ0) is 25.7. The molecule has 1 N–H and O–H groups in total. The van der Waals surface area contributed by atoms with Crippen LogP contribution < -0.4 is 0 Å². The van der Waals surface area contributed by atoms with Crippen molar-refractivity contribution in [2.24, 2.45) is 28.6 Å². The molecule has 5 nitrogen and oxygen atoms in total. The lowest BCUT2D eigenvalue weighted by atomic mass is 9.49. The average molecular weight is 475 g/mol. The highest BCUT2D eigenvalue weighted by atomic mass is 16.6. The van der Waals surface area contributed by atoms with Gasteiger partial charge < -0.3 is 14.6 Å². The normalized spacial score (nSPS) is 42.3. The zero-order valence-corrected chi connectivity index (χ0v) is 22.8. The molecule has 7 unspecified atom stereocenters. The van der Waals surface area contributed by atoms with E-state index < -0.39 is 16.8 Å². The van der Waals surface area contributed by atoms with Gasteiger partial charge in [-0.25, -0.2) is 0 Å². The Morgan fingerprint density at radius 1 is 1.21 bits per heavy atom. The number of carbonyl (C=O) groups excluding carboxylic acids is 2. The van der Waals surface area contributed by atoms with E-state index in [4.69, 9.17) is 9.47 Å². The van der Waals surface area contributed by atoms with E-state index in [1.165, 1.54) is 5.57 Å². The Morgan fingerprint density at radius 3 is 2.44 bits per heavy atom. The van der Waals surface area contributed by atoms with E-state index >= 15 is 0 Å². The van der Waals surface area contributed by atoms with Crippen molar-refractivity contribution < 1.29 is 24.2 Å². The molecule has 5 heteroatoms. The number of allylic oxidation sites excluding steroid dienone is 3. The lowest BCUT2D eigenvalue weighted by Crippen LogP contribution is -2.59. The van der Waals surface area contributed by atoms with Gasteiger partial charge in [0.1, 0.15) is 11.2 Å². The van der Waals surface area contributed by atoms with E-state index in [2.05, 4.69) is 52.8 Å². The van der Waals surface area contributed by atoms with Crippen molar-refractivity contribution in [3.63, 3.8) is 0 Å². The molecule has 0 aromatic rings. The fraction of sp³-hybridized carbons (Fsp3) is 0.793. The van der Waals surface area contributed by atoms with Crippen molar-refractivity contribution in [1.29, 1.82) is 0 Å². The third-order valence-corrected chi connectivity index (χ3v) is 8.96. The molecule has 1 heterocycles. The molecular formula is C29H46O5. The summed E-state index contributed by atoms with van der Waals surface area (Å²) in [4.78, 5) is 25.3. The van der Waals surface area contributed by atoms with Gasteiger partial charge in [0, 0.05) is 11.8 Å². The third kappa shape index (κ3) is 5.01. The van der Waals surface area contributed by atoms with Gasteiger partial charge in [-0.15, -0.1) is 0 Å². The van der Waals surface area contributed by atoms with Gasteiger partial charge in [0.15, 0.2) is 0 Å². The van der Waals surface area contributed by atoms with Crippen LogP contribution in [0.2, 0.25) is 0 Å². The molecule has 0 spiro atoms. The van der Waals surface area contributed by atoms with Gasteiger partial charge in [-0.05, 0) is 69.3 Å². The molecule has 1 aliphatic heterocycles. The SMILES string of the molecule is CCC(C)C(=O)OC1(C)CC(C)(C)C=C2C=CC(C)C(CCC3(C)CC(C)(O)CC(=O)O3)C21C. The van der Waals surface area contributed by atoms with Crippen molar-refractivity contribution >= 4 is 11.9 Å². The van der Waals surface area contributed by atoms with E-state index in [0.29, 0.717) is 12.8 Å². The molecule has 3 rings (SSSR count). The van der Waals surface area contributed by atoms with Gasteiger partial charge in [0.2, 0.25) is 0 Å². The molecule has 192 valence electrons. The number of fused-ring (bicyclic) bond motifs is 1. The summed E-state index contributed by atoms with van der Waals surface area (Å²) in [6, 6.07) is 0. The van der Waals surface area contributed by atoms with Gasteiger partial charge in [0.25, 0.3) is 0 Å². The van der Waals surface area contributed by atoms with E-state index in [1.54, 1.807) is 6.92 Å². The summed E-state index contributed by atoms with van der Waals surface area (Å²) in [5, 5.41) is 10.6. The molecule has 0 bridgehead atoms. The summed E-state index contributed by atoms with van der Waals surface area (Å²) in [5.41, 5.74) is -1.68. The Balaban J connectivity index is 1.98. The second kappa shape index (κ2) is 8.80. The van der Waals surface area contributed by atoms with Crippen LogP contribution in [0.1, 0.15) is 101 Å². The molecule has 7 atom stereocenters. The van der Waals surface area contributed by atoms with Crippen molar-refractivity contribution in [2.75, 3.05) is 0 Å². The number of esters is 2. The highest BCUT2D eigenvalue weighted by Gasteiger charge is 2.60. The van der Waals surface area contributed by atoms with Crippen LogP contribution in [-0.2, 0) is 19.1 Å². The molecule has 2 aliphatic carbocycles. The van der Waals surface area contributed by atoms with Crippen molar-refractivity contribution in [1.82, 2.24) is 0 Å². The maximum absolute atomic E-state index is 13.1. The predicted octanol–water partition coefficient (Wildman–Crippen LogP) is 6.15. The Kier molecular flexibility index (Phi) is 6.98. The van der Waals surface area contributed by atoms with Crippen LogP contribution in [0, 0.1) is 28.6 Å². The quantitative estimate of drug-likeness (QED) is 0.468. The minimum Gasteiger partial charge on any atom is -0.459 e. The second-order valence-corrected chi connectivity index (χ2v) is 13.1. The number of cyclic esters (lactones) is 1. The molecular weight excluding hydrogens is 428 g/mol. The predicted molar refractivity (Wildman–Crippen MR) is 134 cm³/mol. The topological polar surface area (TPSA) is 72.8 Å². The first-order valence-electron chi connectivity index (χ1n) is 13.0. The molecule has 0 saturated carbocycles. The van der Waals surface area contributed by atoms with Gasteiger partial charge in [-0.2, -0.15) is 0 Å². The summed E-state index contributed by atoms with van der Waals surface area (Å²) >= 11 is 0. The van der Waals surface area contributed by atoms with Gasteiger partial charge in [-0.1, -0.05) is 59.8 Å². The minimum atomic E-state index is -1.05. The van der Waals surface area contributed by atoms with Crippen LogP contribution in [0.4, 0.5) is 0 Å². The molecule has 0 aromatic carbocycles. The van der Waals surface area contributed by atoms with Crippen LogP contribution >= 0.6 is 0 Å². The Bertz CT molecular complexity index is 883. The van der Waals surface area contributed by atoms with Gasteiger partial charge >= 0.3 is 11.9 Å². The summed E-state index contributed by atoms with van der Waals surface area (Å²) in [6.45, 7) is 18.6. The van der Waals surface area contributed by atoms with E-state index in [9.17, 15) is 14.7 Å². The molecule has 0 radical (unpaired) electrons. The molecule has 0 amide bonds. The zero-order valence-electron chi connectivity index (χ0n) is 22.8. The van der Waals surface area contributed by atoms with Crippen LogP contribution in [-0.4, -0.2) is 33.8 Å². The largest absolute Gasteiger partial charge is 0.459 e. The van der Waals surface area contributed by atoms with E-state index in [-0.39, 0.29) is 46.9 Å². The molecule has 1 fully saturated rings. The summed E-state index contributed by atoms with van der Waals surface area (Å²) in [7, 11) is 0. The number of hydrogen-bond acceptors (Lipinski definition) is 5.